The second-order valence-electron chi connectivity index (χ2n) is 4.77. The predicted molar refractivity (Wildman–Crippen MR) is 75.2 cm³/mol. The van der Waals surface area contributed by atoms with Gasteiger partial charge in [-0.3, -0.25) is 0 Å². The van der Waals surface area contributed by atoms with Crippen LogP contribution in [-0.4, -0.2) is 16.1 Å². The van der Waals surface area contributed by atoms with Crippen molar-refractivity contribution < 1.29 is 0 Å². The topological polar surface area (TPSA) is 43.8 Å². The van der Waals surface area contributed by atoms with Crippen LogP contribution in [0.5, 0.6) is 0 Å². The van der Waals surface area contributed by atoms with Gasteiger partial charge in [-0.2, -0.15) is 0 Å². The Morgan fingerprint density at radius 1 is 1.28 bits per heavy atom. The molecule has 0 aliphatic heterocycles. The minimum Gasteiger partial charge on any atom is -0.330 e. The summed E-state index contributed by atoms with van der Waals surface area (Å²) in [4.78, 5) is 4.50. The van der Waals surface area contributed by atoms with Crippen LogP contribution >= 0.6 is 0 Å². The summed E-state index contributed by atoms with van der Waals surface area (Å²) in [6.07, 6.45) is 3.92. The van der Waals surface area contributed by atoms with Gasteiger partial charge in [-0.25, -0.2) is 4.98 Å². The summed E-state index contributed by atoms with van der Waals surface area (Å²) in [5.41, 5.74) is 10.7. The number of nitrogens with two attached hydrogens (primary N) is 1. The third-order valence-corrected chi connectivity index (χ3v) is 3.38. The first kappa shape index (κ1) is 12.8. The van der Waals surface area contributed by atoms with Crippen LogP contribution in [0.3, 0.4) is 0 Å². The Hall–Kier alpha value is -1.61. The Kier molecular flexibility index (Phi) is 3.82. The summed E-state index contributed by atoms with van der Waals surface area (Å²) in [6.45, 7) is 7.13. The normalized spacial score (nSPS) is 10.9. The molecule has 2 aromatic heterocycles. The maximum absolute atomic E-state index is 5.59. The van der Waals surface area contributed by atoms with Crippen LogP contribution in [0.1, 0.15) is 28.9 Å². The summed E-state index contributed by atoms with van der Waals surface area (Å²) in [7, 11) is 0. The molecule has 0 spiro atoms. The molecule has 2 rings (SSSR count). The maximum Gasteiger partial charge on any atom is 0.139 e. The number of pyridine rings is 1. The third-order valence-electron chi connectivity index (χ3n) is 3.38. The lowest BCUT2D eigenvalue weighted by Gasteiger charge is -2.11. The fraction of sp³-hybridized carbons (Fsp3) is 0.400. The van der Waals surface area contributed by atoms with Crippen LogP contribution in [-0.2, 0) is 6.42 Å². The molecule has 0 aliphatic carbocycles. The molecule has 2 aromatic rings. The van der Waals surface area contributed by atoms with Crippen LogP contribution in [0.4, 0.5) is 0 Å². The van der Waals surface area contributed by atoms with E-state index >= 15 is 0 Å². The molecule has 3 heteroatoms. The van der Waals surface area contributed by atoms with Gasteiger partial charge in [-0.1, -0.05) is 6.07 Å². The Labute approximate surface area is 109 Å². The minimum absolute atomic E-state index is 0.742. The molecule has 0 fully saturated rings. The van der Waals surface area contributed by atoms with Crippen molar-refractivity contribution in [2.24, 2.45) is 5.73 Å². The number of rotatable bonds is 4. The number of nitrogens with zero attached hydrogens (tertiary/aromatic N) is 2. The quantitative estimate of drug-likeness (QED) is 0.897. The SMILES string of the molecule is Cc1cccnc1-n1c(C)cc(CCCN)c1C. The number of hydrogen-bond acceptors (Lipinski definition) is 2. The Morgan fingerprint density at radius 3 is 2.72 bits per heavy atom. The first-order valence-corrected chi connectivity index (χ1v) is 6.45. The zero-order valence-electron chi connectivity index (χ0n) is 11.4. The molecule has 0 unspecified atom stereocenters. The largest absolute Gasteiger partial charge is 0.330 e. The first-order valence-electron chi connectivity index (χ1n) is 6.45. The molecular formula is C15H21N3. The van der Waals surface area contributed by atoms with Crippen LogP contribution < -0.4 is 5.73 Å². The summed E-state index contributed by atoms with van der Waals surface area (Å²) in [6, 6.07) is 6.32. The molecule has 3 nitrogen and oxygen atoms in total. The van der Waals surface area contributed by atoms with Crippen molar-refractivity contribution in [1.29, 1.82) is 0 Å². The van der Waals surface area contributed by atoms with Crippen molar-refractivity contribution in [1.82, 2.24) is 9.55 Å². The van der Waals surface area contributed by atoms with E-state index in [4.69, 9.17) is 5.73 Å². The zero-order valence-corrected chi connectivity index (χ0v) is 11.4. The van der Waals surface area contributed by atoms with E-state index in [0.29, 0.717) is 0 Å². The van der Waals surface area contributed by atoms with Gasteiger partial charge in [0.1, 0.15) is 5.82 Å². The molecule has 0 radical (unpaired) electrons. The van der Waals surface area contributed by atoms with Gasteiger partial charge in [0.05, 0.1) is 0 Å². The highest BCUT2D eigenvalue weighted by Crippen LogP contribution is 2.22. The second kappa shape index (κ2) is 5.36. The molecule has 2 N–H and O–H groups in total. The molecular weight excluding hydrogens is 222 g/mol. The van der Waals surface area contributed by atoms with E-state index in [1.807, 2.05) is 12.3 Å². The van der Waals surface area contributed by atoms with Gasteiger partial charge in [-0.15, -0.1) is 0 Å². The smallest absolute Gasteiger partial charge is 0.139 e. The number of hydrogen-bond donors (Lipinski definition) is 1. The van der Waals surface area contributed by atoms with Gasteiger partial charge in [-0.05, 0) is 63.4 Å². The molecule has 0 saturated heterocycles. The van der Waals surface area contributed by atoms with Crippen LogP contribution in [0, 0.1) is 20.8 Å². The summed E-state index contributed by atoms with van der Waals surface area (Å²) >= 11 is 0. The molecule has 18 heavy (non-hydrogen) atoms. The first-order chi connectivity index (χ1) is 8.65. The number of aryl methyl sites for hydroxylation is 3. The average molecular weight is 243 g/mol. The van der Waals surface area contributed by atoms with Crippen molar-refractivity contribution >= 4 is 0 Å². The average Bonchev–Trinajstić information content (AvgIpc) is 2.63. The van der Waals surface area contributed by atoms with Gasteiger partial charge >= 0.3 is 0 Å². The lowest BCUT2D eigenvalue weighted by atomic mass is 10.1. The molecule has 0 aromatic carbocycles. The second-order valence-corrected chi connectivity index (χ2v) is 4.77. The van der Waals surface area contributed by atoms with Crippen molar-refractivity contribution in [2.45, 2.75) is 33.6 Å². The van der Waals surface area contributed by atoms with Gasteiger partial charge in [0.25, 0.3) is 0 Å². The molecule has 96 valence electrons. The van der Waals surface area contributed by atoms with Crippen molar-refractivity contribution in [3.8, 4) is 5.82 Å². The van der Waals surface area contributed by atoms with E-state index in [1.165, 1.54) is 22.5 Å². The summed E-state index contributed by atoms with van der Waals surface area (Å²) in [5, 5.41) is 0. The monoisotopic (exact) mass is 243 g/mol. The maximum atomic E-state index is 5.59. The molecule has 0 bridgehead atoms. The highest BCUT2D eigenvalue weighted by Gasteiger charge is 2.12. The van der Waals surface area contributed by atoms with Gasteiger partial charge in [0.15, 0.2) is 0 Å². The van der Waals surface area contributed by atoms with Crippen molar-refractivity contribution in [2.75, 3.05) is 6.54 Å². The van der Waals surface area contributed by atoms with E-state index in [2.05, 4.69) is 42.5 Å². The summed E-state index contributed by atoms with van der Waals surface area (Å²) in [5.74, 6) is 1.03. The number of aromatic nitrogens is 2. The molecule has 0 aliphatic rings. The molecule has 0 saturated carbocycles. The standard InChI is InChI=1S/C15H21N3/c1-11-6-5-9-17-15(11)18-12(2)10-14(13(18)3)7-4-8-16/h5-6,9-10H,4,7-8,16H2,1-3H3. The Morgan fingerprint density at radius 2 is 2.06 bits per heavy atom. The van der Waals surface area contributed by atoms with Crippen LogP contribution in [0.25, 0.3) is 5.82 Å². The Bertz CT molecular complexity index is 541. The predicted octanol–water partition coefficient (Wildman–Crippen LogP) is 2.69. The van der Waals surface area contributed by atoms with Crippen molar-refractivity contribution in [3.63, 3.8) is 0 Å². The van der Waals surface area contributed by atoms with Gasteiger partial charge in [0, 0.05) is 17.6 Å². The van der Waals surface area contributed by atoms with E-state index in [9.17, 15) is 0 Å². The van der Waals surface area contributed by atoms with E-state index in [1.54, 1.807) is 0 Å². The molecule has 0 atom stereocenters. The van der Waals surface area contributed by atoms with E-state index < -0.39 is 0 Å². The lowest BCUT2D eigenvalue weighted by Crippen LogP contribution is -2.05. The van der Waals surface area contributed by atoms with Crippen LogP contribution in [0.2, 0.25) is 0 Å². The zero-order chi connectivity index (χ0) is 13.1. The Balaban J connectivity index is 2.46. The van der Waals surface area contributed by atoms with Crippen molar-refractivity contribution in [3.05, 3.63) is 46.9 Å². The molecule has 2 heterocycles. The van der Waals surface area contributed by atoms with E-state index in [0.717, 1.165) is 25.2 Å². The fourth-order valence-corrected chi connectivity index (χ4v) is 2.41. The highest BCUT2D eigenvalue weighted by atomic mass is 15.1. The minimum atomic E-state index is 0.742. The third kappa shape index (κ3) is 2.31. The molecule has 0 amide bonds. The lowest BCUT2D eigenvalue weighted by molar-refractivity contribution is 0.819. The van der Waals surface area contributed by atoms with E-state index in [-0.39, 0.29) is 0 Å². The highest BCUT2D eigenvalue weighted by molar-refractivity contribution is 5.41. The van der Waals surface area contributed by atoms with Gasteiger partial charge in [0.2, 0.25) is 0 Å². The fourth-order valence-electron chi connectivity index (χ4n) is 2.41. The summed E-state index contributed by atoms with van der Waals surface area (Å²) < 4.78 is 2.24. The van der Waals surface area contributed by atoms with Gasteiger partial charge < -0.3 is 10.3 Å². The van der Waals surface area contributed by atoms with Crippen LogP contribution in [0.15, 0.2) is 24.4 Å².